The first-order chi connectivity index (χ1) is 11.5. The number of hydrogen-bond donors (Lipinski definition) is 3. The Balaban J connectivity index is 2.50. The number of halogens is 2. The number of nitrogens with one attached hydrogen (secondary N) is 1. The van der Waals surface area contributed by atoms with E-state index in [9.17, 15) is 18.6 Å². The van der Waals surface area contributed by atoms with Crippen molar-refractivity contribution < 1.29 is 18.6 Å². The van der Waals surface area contributed by atoms with Crippen molar-refractivity contribution >= 4 is 38.9 Å². The Hall–Kier alpha value is -1.63. The highest BCUT2D eigenvalue weighted by Gasteiger charge is 2.25. The smallest absolute Gasteiger partial charge is 0.265 e. The maximum absolute atomic E-state index is 12.6. The van der Waals surface area contributed by atoms with Gasteiger partial charge in [-0.15, -0.1) is 0 Å². The van der Waals surface area contributed by atoms with Crippen LogP contribution in [0.5, 0.6) is 11.5 Å². The van der Waals surface area contributed by atoms with E-state index in [0.29, 0.717) is 0 Å². The molecule has 5 nitrogen and oxygen atoms in total. The normalized spacial score (nSPS) is 12.2. The number of anilines is 1. The molecule has 0 aromatic heterocycles. The summed E-state index contributed by atoms with van der Waals surface area (Å²) in [6.45, 7) is 6.04. The number of benzene rings is 2. The van der Waals surface area contributed by atoms with Crippen molar-refractivity contribution in [2.24, 2.45) is 0 Å². The largest absolute Gasteiger partial charge is 0.506 e. The van der Waals surface area contributed by atoms with Crippen molar-refractivity contribution in [3.8, 4) is 11.5 Å². The van der Waals surface area contributed by atoms with Crippen LogP contribution < -0.4 is 4.72 Å². The average Bonchev–Trinajstić information content (AvgIpc) is 2.52. The van der Waals surface area contributed by atoms with Crippen molar-refractivity contribution in [1.29, 1.82) is 0 Å². The van der Waals surface area contributed by atoms with Gasteiger partial charge in [0.2, 0.25) is 0 Å². The summed E-state index contributed by atoms with van der Waals surface area (Å²) >= 11 is 11.6. The van der Waals surface area contributed by atoms with E-state index in [-0.39, 0.29) is 26.9 Å². The van der Waals surface area contributed by atoms with Crippen LogP contribution >= 0.6 is 23.2 Å². The Labute approximate surface area is 157 Å². The molecular weight excluding hydrogens is 385 g/mol. The molecule has 0 aliphatic carbocycles. The van der Waals surface area contributed by atoms with Crippen LogP contribution in [-0.2, 0) is 15.4 Å². The van der Waals surface area contributed by atoms with E-state index in [1.807, 2.05) is 20.8 Å². The van der Waals surface area contributed by atoms with Gasteiger partial charge in [-0.1, -0.05) is 50.0 Å². The Morgan fingerprint density at radius 3 is 2.36 bits per heavy atom. The summed E-state index contributed by atoms with van der Waals surface area (Å²) in [5.74, 6) is -0.838. The van der Waals surface area contributed by atoms with Gasteiger partial charge in [0.1, 0.15) is 10.6 Å². The van der Waals surface area contributed by atoms with Crippen LogP contribution in [-0.4, -0.2) is 18.6 Å². The van der Waals surface area contributed by atoms with Crippen molar-refractivity contribution in [3.63, 3.8) is 0 Å². The van der Waals surface area contributed by atoms with Crippen molar-refractivity contribution in [2.75, 3.05) is 4.72 Å². The van der Waals surface area contributed by atoms with E-state index in [4.69, 9.17) is 23.2 Å². The molecule has 0 saturated carbocycles. The predicted octanol–water partition coefficient (Wildman–Crippen LogP) is 4.89. The van der Waals surface area contributed by atoms with Crippen molar-refractivity contribution in [1.82, 2.24) is 0 Å². The second-order valence-electron chi connectivity index (χ2n) is 6.31. The molecule has 0 amide bonds. The van der Waals surface area contributed by atoms with E-state index >= 15 is 0 Å². The maximum Gasteiger partial charge on any atom is 0.265 e. The predicted molar refractivity (Wildman–Crippen MR) is 100 cm³/mol. The first-order valence-corrected chi connectivity index (χ1v) is 9.76. The van der Waals surface area contributed by atoms with Gasteiger partial charge in [0.05, 0.1) is 10.7 Å². The summed E-state index contributed by atoms with van der Waals surface area (Å²) in [6.07, 6.45) is 0.828. The second kappa shape index (κ2) is 6.94. The molecule has 3 N–H and O–H groups in total. The SMILES string of the molecule is CCC(C)(C)c1ccc(O)c(NS(=O)(=O)c2cc(Cl)cc(Cl)c2O)c1. The number of hydrogen-bond acceptors (Lipinski definition) is 4. The molecule has 2 aromatic rings. The van der Waals surface area contributed by atoms with Crippen LogP contribution in [0, 0.1) is 0 Å². The highest BCUT2D eigenvalue weighted by molar-refractivity contribution is 7.92. The summed E-state index contributed by atoms with van der Waals surface area (Å²) < 4.78 is 27.5. The lowest BCUT2D eigenvalue weighted by atomic mass is 9.82. The van der Waals surface area contributed by atoms with Crippen LogP contribution in [0.4, 0.5) is 5.69 Å². The molecule has 0 spiro atoms. The molecule has 0 heterocycles. The van der Waals surface area contributed by atoms with E-state index in [0.717, 1.165) is 18.1 Å². The Morgan fingerprint density at radius 1 is 1.12 bits per heavy atom. The van der Waals surface area contributed by atoms with Gasteiger partial charge >= 0.3 is 0 Å². The maximum atomic E-state index is 12.6. The molecule has 0 aliphatic heterocycles. The lowest BCUT2D eigenvalue weighted by Crippen LogP contribution is -2.17. The Morgan fingerprint density at radius 2 is 1.76 bits per heavy atom. The van der Waals surface area contributed by atoms with Gasteiger partial charge in [0.15, 0.2) is 5.75 Å². The number of phenols is 2. The lowest BCUT2D eigenvalue weighted by Gasteiger charge is -2.24. The first-order valence-electron chi connectivity index (χ1n) is 7.52. The molecule has 0 atom stereocenters. The molecule has 25 heavy (non-hydrogen) atoms. The third kappa shape index (κ3) is 4.14. The van der Waals surface area contributed by atoms with Crippen LogP contribution in [0.2, 0.25) is 10.0 Å². The molecule has 0 aliphatic rings. The molecule has 0 fully saturated rings. The zero-order valence-electron chi connectivity index (χ0n) is 14.0. The summed E-state index contributed by atoms with van der Waals surface area (Å²) in [5.41, 5.74) is 0.670. The molecule has 0 radical (unpaired) electrons. The topological polar surface area (TPSA) is 86.6 Å². The van der Waals surface area contributed by atoms with Gasteiger partial charge < -0.3 is 10.2 Å². The quantitative estimate of drug-likeness (QED) is 0.619. The van der Waals surface area contributed by atoms with Gasteiger partial charge in [-0.2, -0.15) is 0 Å². The molecule has 136 valence electrons. The summed E-state index contributed by atoms with van der Waals surface area (Å²) in [5, 5.41) is 19.9. The van der Waals surface area contributed by atoms with E-state index < -0.39 is 20.7 Å². The molecule has 2 aromatic carbocycles. The van der Waals surface area contributed by atoms with E-state index in [1.165, 1.54) is 12.1 Å². The molecule has 8 heteroatoms. The highest BCUT2D eigenvalue weighted by Crippen LogP contribution is 2.37. The number of aromatic hydroxyl groups is 2. The van der Waals surface area contributed by atoms with Gasteiger partial charge in [-0.05, 0) is 41.7 Å². The first kappa shape index (κ1) is 19.7. The lowest BCUT2D eigenvalue weighted by molar-refractivity contribution is 0.459. The third-order valence-corrected chi connectivity index (χ3v) is 6.07. The minimum atomic E-state index is -4.21. The average molecular weight is 404 g/mol. The second-order valence-corrected chi connectivity index (χ2v) is 8.80. The molecule has 0 bridgehead atoms. The molecule has 0 unspecified atom stereocenters. The van der Waals surface area contributed by atoms with E-state index in [1.54, 1.807) is 12.1 Å². The number of rotatable bonds is 5. The van der Waals surface area contributed by atoms with Crippen LogP contribution in [0.1, 0.15) is 32.8 Å². The van der Waals surface area contributed by atoms with Gasteiger partial charge in [0.25, 0.3) is 10.0 Å². The fourth-order valence-corrected chi connectivity index (χ4v) is 4.01. The minimum Gasteiger partial charge on any atom is -0.506 e. The van der Waals surface area contributed by atoms with Crippen LogP contribution in [0.3, 0.4) is 0 Å². The highest BCUT2D eigenvalue weighted by atomic mass is 35.5. The fourth-order valence-electron chi connectivity index (χ4n) is 2.19. The van der Waals surface area contributed by atoms with Crippen LogP contribution in [0.15, 0.2) is 35.2 Å². The van der Waals surface area contributed by atoms with Gasteiger partial charge in [-0.25, -0.2) is 8.42 Å². The standard InChI is InChI=1S/C17H19Cl2NO4S/c1-4-17(2,3)10-5-6-14(21)13(7-10)20-25(23,24)15-9-11(18)8-12(19)16(15)22/h5-9,20-22H,4H2,1-3H3. The van der Waals surface area contributed by atoms with Crippen molar-refractivity contribution in [2.45, 2.75) is 37.5 Å². The molecule has 0 saturated heterocycles. The van der Waals surface area contributed by atoms with Gasteiger partial charge in [-0.3, -0.25) is 4.72 Å². The molecule has 2 rings (SSSR count). The van der Waals surface area contributed by atoms with E-state index in [2.05, 4.69) is 4.72 Å². The number of sulfonamides is 1. The van der Waals surface area contributed by atoms with Crippen LogP contribution in [0.25, 0.3) is 0 Å². The minimum absolute atomic E-state index is 0.00882. The summed E-state index contributed by atoms with van der Waals surface area (Å²) in [7, 11) is -4.21. The third-order valence-electron chi connectivity index (χ3n) is 4.19. The van der Waals surface area contributed by atoms with Crippen molar-refractivity contribution in [3.05, 3.63) is 45.9 Å². The zero-order chi connectivity index (χ0) is 19.0. The van der Waals surface area contributed by atoms with Gasteiger partial charge in [0, 0.05) is 5.02 Å². The Bertz CT molecular complexity index is 911. The zero-order valence-corrected chi connectivity index (χ0v) is 16.3. The fraction of sp³-hybridized carbons (Fsp3) is 0.294. The monoisotopic (exact) mass is 403 g/mol. The Kier molecular flexibility index (Phi) is 5.47. The summed E-state index contributed by atoms with van der Waals surface area (Å²) in [4.78, 5) is -0.468. The summed E-state index contributed by atoms with van der Waals surface area (Å²) in [6, 6.07) is 7.06. The molecular formula is C17H19Cl2NO4S. The number of phenolic OH excluding ortho intramolecular Hbond substituents is 2.